The number of nitrogens with zero attached hydrogens (tertiary/aromatic N) is 5. The summed E-state index contributed by atoms with van der Waals surface area (Å²) < 4.78 is 15.7. The zero-order valence-electron chi connectivity index (χ0n) is 29.1. The molecule has 1 N–H and O–H groups in total. The lowest BCUT2D eigenvalue weighted by atomic mass is 9.92. The number of rotatable bonds is 8. The zero-order valence-corrected chi connectivity index (χ0v) is 29.9. The highest BCUT2D eigenvalue weighted by atomic mass is 32.2. The first-order valence-electron chi connectivity index (χ1n) is 17.6. The fraction of sp³-hybridized carbons (Fsp3) is 0.595. The molecule has 0 spiro atoms. The van der Waals surface area contributed by atoms with Crippen LogP contribution in [0.15, 0.2) is 42.5 Å². The molecule has 4 aliphatic rings. The molecule has 0 saturated carbocycles. The minimum Gasteiger partial charge on any atom is -0.366 e. The summed E-state index contributed by atoms with van der Waals surface area (Å²) in [5.74, 6) is -0.336. The van der Waals surface area contributed by atoms with Gasteiger partial charge < -0.3 is 24.9 Å². The maximum Gasteiger partial charge on any atom is 0.322 e. The number of hydrogen-bond acceptors (Lipinski definition) is 6. The van der Waals surface area contributed by atoms with Gasteiger partial charge in [-0.15, -0.1) is 11.8 Å². The third-order valence-corrected chi connectivity index (χ3v) is 11.8. The van der Waals surface area contributed by atoms with Gasteiger partial charge in [-0.3, -0.25) is 14.5 Å². The summed E-state index contributed by atoms with van der Waals surface area (Å²) in [5.41, 5.74) is 3.37. The van der Waals surface area contributed by atoms with E-state index in [1.807, 2.05) is 45.0 Å². The molecule has 2 unspecified atom stereocenters. The van der Waals surface area contributed by atoms with Crippen molar-refractivity contribution in [3.05, 3.63) is 59.4 Å². The summed E-state index contributed by atoms with van der Waals surface area (Å²) in [6.07, 6.45) is 2.32. The van der Waals surface area contributed by atoms with E-state index in [4.69, 9.17) is 0 Å². The Morgan fingerprint density at radius 1 is 0.979 bits per heavy atom. The maximum atomic E-state index is 15.7. The highest BCUT2D eigenvalue weighted by molar-refractivity contribution is 8.01. The van der Waals surface area contributed by atoms with E-state index in [9.17, 15) is 14.4 Å². The Labute approximate surface area is 289 Å². The van der Waals surface area contributed by atoms with Crippen LogP contribution < -0.4 is 10.2 Å². The minimum atomic E-state index is -0.529. The molecule has 4 heterocycles. The van der Waals surface area contributed by atoms with E-state index in [1.165, 1.54) is 17.8 Å². The number of halogens is 1. The van der Waals surface area contributed by atoms with E-state index in [0.29, 0.717) is 50.7 Å². The Morgan fingerprint density at radius 3 is 2.38 bits per heavy atom. The Balaban J connectivity index is 1.14. The molecule has 0 aromatic heterocycles. The second-order valence-corrected chi connectivity index (χ2v) is 16.4. The molecular weight excluding hydrogens is 628 g/mol. The highest BCUT2D eigenvalue weighted by Gasteiger charge is 2.44. The number of carbonyl (C=O) groups excluding carboxylic acids is 3. The van der Waals surface area contributed by atoms with Gasteiger partial charge in [-0.1, -0.05) is 51.1 Å². The van der Waals surface area contributed by atoms with Crippen molar-refractivity contribution in [1.82, 2.24) is 19.6 Å². The largest absolute Gasteiger partial charge is 0.366 e. The molecule has 2 aromatic rings. The Kier molecular flexibility index (Phi) is 10.3. The zero-order chi connectivity index (χ0) is 34.2. The smallest absolute Gasteiger partial charge is 0.322 e. The van der Waals surface area contributed by atoms with Crippen molar-refractivity contribution < 1.29 is 18.8 Å². The van der Waals surface area contributed by atoms with E-state index < -0.39 is 5.25 Å². The minimum absolute atomic E-state index is 0.0129. The molecule has 2 aromatic carbocycles. The van der Waals surface area contributed by atoms with Gasteiger partial charge in [-0.25, -0.2) is 9.18 Å². The number of likely N-dealkylation sites (tertiary alicyclic amines) is 1. The number of anilines is 2. The van der Waals surface area contributed by atoms with Gasteiger partial charge in [-0.05, 0) is 56.2 Å². The summed E-state index contributed by atoms with van der Waals surface area (Å²) in [5, 5.41) is 2.11. The number of hydrogen-bond donors (Lipinski definition) is 1. The van der Waals surface area contributed by atoms with Crippen LogP contribution in [0, 0.1) is 11.2 Å². The normalized spacial score (nSPS) is 22.8. The molecule has 4 amide bonds. The lowest BCUT2D eigenvalue weighted by Crippen LogP contribution is -2.51. The third kappa shape index (κ3) is 7.47. The van der Waals surface area contributed by atoms with Crippen LogP contribution in [0.1, 0.15) is 76.8 Å². The predicted molar refractivity (Wildman–Crippen MR) is 190 cm³/mol. The first-order chi connectivity index (χ1) is 22.9. The van der Waals surface area contributed by atoms with E-state index in [0.717, 1.165) is 49.4 Å². The Bertz CT molecular complexity index is 1500. The summed E-state index contributed by atoms with van der Waals surface area (Å²) in [4.78, 5) is 50.9. The maximum absolute atomic E-state index is 15.7. The number of piperidine rings is 1. The van der Waals surface area contributed by atoms with Crippen LogP contribution in [0.4, 0.5) is 20.6 Å². The predicted octanol–water partition coefficient (Wildman–Crippen LogP) is 6.16. The van der Waals surface area contributed by atoms with Crippen LogP contribution in [0.25, 0.3) is 0 Å². The fourth-order valence-corrected chi connectivity index (χ4v) is 8.90. The second kappa shape index (κ2) is 14.3. The number of nitrogens with one attached hydrogen (secondary N) is 1. The lowest BCUT2D eigenvalue weighted by Gasteiger charge is -2.40. The molecule has 3 saturated heterocycles. The number of carbonyl (C=O) groups is 3. The molecule has 3 fully saturated rings. The number of benzene rings is 2. The average molecular weight is 679 g/mol. The van der Waals surface area contributed by atoms with Gasteiger partial charge in [0, 0.05) is 82.1 Å². The van der Waals surface area contributed by atoms with Gasteiger partial charge in [0.1, 0.15) is 11.2 Å². The van der Waals surface area contributed by atoms with Crippen LogP contribution in [0.5, 0.6) is 0 Å². The van der Waals surface area contributed by atoms with Gasteiger partial charge >= 0.3 is 6.03 Å². The third-order valence-electron chi connectivity index (χ3n) is 10.4. The summed E-state index contributed by atoms with van der Waals surface area (Å²) in [6.45, 7) is 16.2. The second-order valence-electron chi connectivity index (χ2n) is 15.1. The fourth-order valence-electron chi connectivity index (χ4n) is 7.41. The molecule has 11 heteroatoms. The quantitative estimate of drug-likeness (QED) is 0.360. The molecule has 9 nitrogen and oxygen atoms in total. The van der Waals surface area contributed by atoms with E-state index in [2.05, 4.69) is 49.7 Å². The molecule has 260 valence electrons. The molecule has 0 radical (unpaired) electrons. The topological polar surface area (TPSA) is 79.4 Å². The number of thioether (sulfide) groups is 1. The van der Waals surface area contributed by atoms with Gasteiger partial charge in [0.15, 0.2) is 0 Å². The van der Waals surface area contributed by atoms with Crippen LogP contribution in [-0.2, 0) is 16.1 Å². The van der Waals surface area contributed by atoms with Crippen molar-refractivity contribution in [2.45, 2.75) is 89.6 Å². The molecule has 0 aliphatic carbocycles. The SMILES string of the molecule is CC(C)N1CCN(c2c(F)cccc2C2SC(CC(=O)N3CCC(N4Cc5ccccc5NC4=O)CC3)C(=O)N2CCC(C)(C)C)CC1. The van der Waals surface area contributed by atoms with E-state index in [-0.39, 0.29) is 46.9 Å². The first kappa shape index (κ1) is 34.5. The summed E-state index contributed by atoms with van der Waals surface area (Å²) in [7, 11) is 0. The van der Waals surface area contributed by atoms with Gasteiger partial charge in [0.25, 0.3) is 0 Å². The van der Waals surface area contributed by atoms with Crippen LogP contribution in [0.3, 0.4) is 0 Å². The Hall–Kier alpha value is -3.31. The van der Waals surface area contributed by atoms with E-state index in [1.54, 1.807) is 6.07 Å². The molecule has 48 heavy (non-hydrogen) atoms. The van der Waals surface area contributed by atoms with Crippen LogP contribution >= 0.6 is 11.8 Å². The lowest BCUT2D eigenvalue weighted by molar-refractivity contribution is -0.137. The van der Waals surface area contributed by atoms with Gasteiger partial charge in [-0.2, -0.15) is 0 Å². The van der Waals surface area contributed by atoms with Crippen molar-refractivity contribution in [3.63, 3.8) is 0 Å². The Morgan fingerprint density at radius 2 is 1.69 bits per heavy atom. The van der Waals surface area contributed by atoms with E-state index >= 15 is 4.39 Å². The standard InChI is InChI=1S/C37H51FN6O3S/c1-25(2)40-19-21-42(22-20-40)33-28(10-8-11-29(33)38)35-43(18-15-37(3,4)5)34(46)31(48-35)23-32(45)41-16-13-27(14-17-41)44-24-26-9-6-7-12-30(26)39-36(44)47/h6-12,25,27,31,35H,13-24H2,1-5H3,(H,39,47). The average Bonchev–Trinajstić information content (AvgIpc) is 3.37. The molecule has 2 atom stereocenters. The number of amides is 4. The first-order valence-corrected chi connectivity index (χ1v) is 18.5. The van der Waals surface area contributed by atoms with Gasteiger partial charge in [0.05, 0.1) is 10.9 Å². The number of fused-ring (bicyclic) bond motifs is 1. The number of piperazine rings is 1. The highest BCUT2D eigenvalue weighted by Crippen LogP contribution is 2.48. The molecule has 4 aliphatic heterocycles. The molecular formula is C37H51FN6O3S. The molecule has 0 bridgehead atoms. The summed E-state index contributed by atoms with van der Waals surface area (Å²) in [6, 6.07) is 13.5. The number of urea groups is 1. The van der Waals surface area contributed by atoms with Crippen molar-refractivity contribution in [1.29, 1.82) is 0 Å². The van der Waals surface area contributed by atoms with Crippen LogP contribution in [0.2, 0.25) is 0 Å². The van der Waals surface area contributed by atoms with Gasteiger partial charge in [0.2, 0.25) is 11.8 Å². The van der Waals surface area contributed by atoms with Crippen molar-refractivity contribution in [2.24, 2.45) is 5.41 Å². The summed E-state index contributed by atoms with van der Waals surface area (Å²) >= 11 is 1.50. The monoisotopic (exact) mass is 678 g/mol. The van der Waals surface area contributed by atoms with Crippen molar-refractivity contribution in [3.8, 4) is 0 Å². The molecule has 6 rings (SSSR count). The number of para-hydroxylation sites is 2. The van der Waals surface area contributed by atoms with Crippen molar-refractivity contribution >= 4 is 41.0 Å². The van der Waals surface area contributed by atoms with Crippen LogP contribution in [-0.4, -0.2) is 101 Å². The van der Waals surface area contributed by atoms with Crippen molar-refractivity contribution in [2.75, 3.05) is 56.0 Å².